The number of esters is 1. The minimum Gasteiger partial charge on any atom is -0.472 e. The van der Waals surface area contributed by atoms with Crippen molar-refractivity contribution >= 4 is 22.7 Å². The third-order valence-electron chi connectivity index (χ3n) is 5.76. The summed E-state index contributed by atoms with van der Waals surface area (Å²) in [5.41, 5.74) is 6.63. The van der Waals surface area contributed by atoms with Crippen molar-refractivity contribution < 1.29 is 19.0 Å². The second-order valence-electron chi connectivity index (χ2n) is 9.51. The first-order valence-electron chi connectivity index (χ1n) is 11.2. The van der Waals surface area contributed by atoms with Crippen molar-refractivity contribution in [1.82, 2.24) is 14.8 Å². The molecule has 1 aliphatic rings. The number of nitrogens with zero attached hydrogens (tertiary/aromatic N) is 4. The lowest BCUT2D eigenvalue weighted by Gasteiger charge is -2.39. The predicted octanol–water partition coefficient (Wildman–Crippen LogP) is 3.72. The Morgan fingerprint density at radius 3 is 2.74 bits per heavy atom. The molecule has 1 fully saturated rings. The molecule has 3 aromatic rings. The van der Waals surface area contributed by atoms with Crippen LogP contribution in [-0.2, 0) is 26.4 Å². The van der Waals surface area contributed by atoms with Gasteiger partial charge in [-0.3, -0.25) is 4.68 Å². The lowest BCUT2D eigenvalue weighted by Crippen LogP contribution is -2.47. The zero-order valence-electron chi connectivity index (χ0n) is 19.7. The number of benzene rings is 1. The molecule has 9 heteroatoms. The van der Waals surface area contributed by atoms with Gasteiger partial charge in [-0.05, 0) is 45.2 Å². The van der Waals surface area contributed by atoms with E-state index in [1.165, 1.54) is 0 Å². The molecule has 0 spiro atoms. The Morgan fingerprint density at radius 2 is 2.09 bits per heavy atom. The van der Waals surface area contributed by atoms with Crippen molar-refractivity contribution in [3.63, 3.8) is 0 Å². The third-order valence-corrected chi connectivity index (χ3v) is 5.76. The van der Waals surface area contributed by atoms with Crippen LogP contribution in [0, 0.1) is 11.3 Å². The fraction of sp³-hybridized carbons (Fsp3) is 0.440. The summed E-state index contributed by atoms with van der Waals surface area (Å²) in [5.74, 6) is 0.238. The number of pyridine rings is 1. The summed E-state index contributed by atoms with van der Waals surface area (Å²) in [4.78, 5) is 16.9. The van der Waals surface area contributed by atoms with Crippen molar-refractivity contribution in [2.75, 3.05) is 12.3 Å². The Bertz CT molecular complexity index is 1200. The van der Waals surface area contributed by atoms with E-state index in [0.29, 0.717) is 36.2 Å². The highest BCUT2D eigenvalue weighted by atomic mass is 16.6. The average molecular weight is 464 g/mol. The van der Waals surface area contributed by atoms with Gasteiger partial charge >= 0.3 is 5.97 Å². The number of rotatable bonds is 6. The van der Waals surface area contributed by atoms with Crippen LogP contribution < -0.4 is 10.5 Å². The van der Waals surface area contributed by atoms with Crippen molar-refractivity contribution in [3.8, 4) is 11.9 Å². The lowest BCUT2D eigenvalue weighted by atomic mass is 9.87. The summed E-state index contributed by atoms with van der Waals surface area (Å²) in [7, 11) is 0. The largest absolute Gasteiger partial charge is 0.472 e. The number of nitriles is 1. The van der Waals surface area contributed by atoms with E-state index in [9.17, 15) is 10.1 Å². The Morgan fingerprint density at radius 1 is 1.32 bits per heavy atom. The Balaban J connectivity index is 1.61. The van der Waals surface area contributed by atoms with Gasteiger partial charge in [0.15, 0.2) is 11.9 Å². The third kappa shape index (κ3) is 4.82. The number of hydrogen-bond donors (Lipinski definition) is 1. The molecule has 3 heterocycles. The molecule has 2 N–H and O–H groups in total. The fourth-order valence-electron chi connectivity index (χ4n) is 4.15. The fourth-order valence-corrected chi connectivity index (χ4v) is 4.15. The zero-order valence-corrected chi connectivity index (χ0v) is 19.7. The van der Waals surface area contributed by atoms with Gasteiger partial charge in [-0.25, -0.2) is 9.78 Å². The molecule has 4 rings (SSSR count). The van der Waals surface area contributed by atoms with E-state index in [-0.39, 0.29) is 18.8 Å². The van der Waals surface area contributed by atoms with E-state index in [2.05, 4.69) is 16.2 Å². The van der Waals surface area contributed by atoms with Gasteiger partial charge < -0.3 is 19.9 Å². The zero-order chi connectivity index (χ0) is 24.3. The number of carbonyl (C=O) groups excluding carboxylic acids is 1. The molecule has 1 saturated heterocycles. The van der Waals surface area contributed by atoms with Gasteiger partial charge in [0.1, 0.15) is 17.6 Å². The standard InChI is InChI=1S/C25H29N5O4/c1-24(2,3)34-23(31)19-9-11-25(12-13-26,16-33-19)30-18-10-14-28-22(20(18)21(27)29-30)32-15-17-7-5-4-6-8-17/h4-8,10,14,19H,9,11-12,15-16H2,1-3H3,(H2,27,29). The van der Waals surface area contributed by atoms with Crippen LogP contribution >= 0.6 is 0 Å². The van der Waals surface area contributed by atoms with Gasteiger partial charge in [0.05, 0.1) is 30.2 Å². The van der Waals surface area contributed by atoms with Crippen LogP contribution in [0.3, 0.4) is 0 Å². The molecule has 0 radical (unpaired) electrons. The van der Waals surface area contributed by atoms with E-state index in [1.807, 2.05) is 51.1 Å². The quantitative estimate of drug-likeness (QED) is 0.548. The maximum atomic E-state index is 12.5. The summed E-state index contributed by atoms with van der Waals surface area (Å²) in [6.07, 6.45) is 2.00. The highest BCUT2D eigenvalue weighted by molar-refractivity contribution is 5.93. The molecule has 2 atom stereocenters. The molecule has 1 aliphatic heterocycles. The number of anilines is 1. The highest BCUT2D eigenvalue weighted by Gasteiger charge is 2.43. The molecule has 178 valence electrons. The van der Waals surface area contributed by atoms with Gasteiger partial charge in [-0.2, -0.15) is 10.4 Å². The molecule has 0 saturated carbocycles. The second kappa shape index (κ2) is 9.31. The number of fused-ring (bicyclic) bond motifs is 1. The molecule has 0 bridgehead atoms. The summed E-state index contributed by atoms with van der Waals surface area (Å²) >= 11 is 0. The molecule has 2 aromatic heterocycles. The van der Waals surface area contributed by atoms with Gasteiger partial charge in [0, 0.05) is 6.20 Å². The topological polar surface area (TPSA) is 125 Å². The molecule has 0 aliphatic carbocycles. The Hall–Kier alpha value is -3.64. The first-order chi connectivity index (χ1) is 16.2. The maximum absolute atomic E-state index is 12.5. The van der Waals surface area contributed by atoms with Gasteiger partial charge in [0.25, 0.3) is 0 Å². The minimum atomic E-state index is -0.777. The summed E-state index contributed by atoms with van der Waals surface area (Å²) in [6.45, 7) is 5.92. The summed E-state index contributed by atoms with van der Waals surface area (Å²) < 4.78 is 19.1. The normalized spacial score (nSPS) is 20.6. The molecular weight excluding hydrogens is 434 g/mol. The van der Waals surface area contributed by atoms with Crippen LogP contribution in [0.15, 0.2) is 42.6 Å². The lowest BCUT2D eigenvalue weighted by molar-refractivity contribution is -0.176. The van der Waals surface area contributed by atoms with E-state index >= 15 is 0 Å². The summed E-state index contributed by atoms with van der Waals surface area (Å²) in [6, 6.07) is 13.8. The number of aromatic nitrogens is 3. The molecule has 9 nitrogen and oxygen atoms in total. The first kappa shape index (κ1) is 23.5. The van der Waals surface area contributed by atoms with Crippen LogP contribution in [0.25, 0.3) is 10.9 Å². The number of nitrogen functional groups attached to an aromatic ring is 1. The molecule has 2 unspecified atom stereocenters. The number of carbonyl (C=O) groups is 1. The van der Waals surface area contributed by atoms with Gasteiger partial charge in [-0.15, -0.1) is 0 Å². The number of ether oxygens (including phenoxy) is 3. The van der Waals surface area contributed by atoms with E-state index < -0.39 is 23.2 Å². The Kier molecular flexibility index (Phi) is 6.44. The van der Waals surface area contributed by atoms with Crippen LogP contribution in [0.1, 0.15) is 45.6 Å². The van der Waals surface area contributed by atoms with Crippen LogP contribution in [0.2, 0.25) is 0 Å². The van der Waals surface area contributed by atoms with Crippen molar-refractivity contribution in [2.45, 2.75) is 63.9 Å². The van der Waals surface area contributed by atoms with Crippen molar-refractivity contribution in [1.29, 1.82) is 5.26 Å². The van der Waals surface area contributed by atoms with E-state index in [4.69, 9.17) is 19.9 Å². The molecular formula is C25H29N5O4. The van der Waals surface area contributed by atoms with Crippen molar-refractivity contribution in [2.24, 2.45) is 0 Å². The minimum absolute atomic E-state index is 0.128. The van der Waals surface area contributed by atoms with Gasteiger partial charge in [0.2, 0.25) is 5.88 Å². The van der Waals surface area contributed by atoms with Crippen LogP contribution in [0.4, 0.5) is 5.82 Å². The van der Waals surface area contributed by atoms with Crippen LogP contribution in [0.5, 0.6) is 5.88 Å². The number of hydrogen-bond acceptors (Lipinski definition) is 8. The Labute approximate surface area is 198 Å². The number of nitrogens with two attached hydrogens (primary N) is 1. The first-order valence-corrected chi connectivity index (χ1v) is 11.2. The smallest absolute Gasteiger partial charge is 0.335 e. The van der Waals surface area contributed by atoms with Gasteiger partial charge in [-0.1, -0.05) is 30.3 Å². The van der Waals surface area contributed by atoms with Crippen LogP contribution in [-0.4, -0.2) is 39.0 Å². The molecule has 1 aromatic carbocycles. The predicted molar refractivity (Wildman–Crippen MR) is 126 cm³/mol. The molecule has 0 amide bonds. The maximum Gasteiger partial charge on any atom is 0.335 e. The summed E-state index contributed by atoms with van der Waals surface area (Å²) in [5, 5.41) is 14.8. The van der Waals surface area contributed by atoms with Crippen molar-refractivity contribution in [3.05, 3.63) is 48.2 Å². The monoisotopic (exact) mass is 463 g/mol. The van der Waals surface area contributed by atoms with E-state index in [0.717, 1.165) is 5.56 Å². The highest BCUT2D eigenvalue weighted by Crippen LogP contribution is 2.39. The SMILES string of the molecule is CC(C)(C)OC(=O)C1CCC(CC#N)(n2nc(N)c3c(OCc4ccccc4)nccc32)CO1. The van der Waals surface area contributed by atoms with E-state index in [1.54, 1.807) is 16.9 Å². The molecule has 34 heavy (non-hydrogen) atoms. The second-order valence-corrected chi connectivity index (χ2v) is 9.51. The average Bonchev–Trinajstić information content (AvgIpc) is 3.16.